The number of rotatable bonds is 7. The highest BCUT2D eigenvalue weighted by Crippen LogP contribution is 2.26. The van der Waals surface area contributed by atoms with E-state index in [0.29, 0.717) is 30.8 Å². The van der Waals surface area contributed by atoms with Crippen molar-refractivity contribution in [2.45, 2.75) is 58.4 Å². The van der Waals surface area contributed by atoms with Crippen molar-refractivity contribution in [1.82, 2.24) is 10.6 Å². The third-order valence-corrected chi connectivity index (χ3v) is 3.82. The zero-order valence-corrected chi connectivity index (χ0v) is 12.8. The van der Waals surface area contributed by atoms with Gasteiger partial charge in [0.2, 0.25) is 11.8 Å². The topological polar surface area (TPSA) is 84.2 Å². The molecule has 2 amide bonds. The van der Waals surface area contributed by atoms with Gasteiger partial charge >= 0.3 is 0 Å². The molecule has 1 aliphatic carbocycles. The number of nitrogens with one attached hydrogen (secondary N) is 2. The lowest BCUT2D eigenvalue weighted by molar-refractivity contribution is -0.126. The van der Waals surface area contributed by atoms with Crippen molar-refractivity contribution in [3.8, 4) is 0 Å². The molecule has 1 aliphatic rings. The summed E-state index contributed by atoms with van der Waals surface area (Å²) in [4.78, 5) is 23.1. The van der Waals surface area contributed by atoms with E-state index in [1.54, 1.807) is 0 Å². The minimum Gasteiger partial charge on any atom is -0.354 e. The van der Waals surface area contributed by atoms with Gasteiger partial charge in [0, 0.05) is 19.0 Å². The molecular formula is C15H29N3O2. The van der Waals surface area contributed by atoms with Gasteiger partial charge in [-0.25, -0.2) is 0 Å². The molecule has 1 saturated carbocycles. The molecule has 0 aromatic heterocycles. The zero-order valence-electron chi connectivity index (χ0n) is 12.8. The van der Waals surface area contributed by atoms with E-state index in [9.17, 15) is 9.59 Å². The Bertz CT molecular complexity index is 310. The summed E-state index contributed by atoms with van der Waals surface area (Å²) in [5.41, 5.74) is 5.86. The maximum absolute atomic E-state index is 11.7. The van der Waals surface area contributed by atoms with E-state index >= 15 is 0 Å². The van der Waals surface area contributed by atoms with E-state index in [-0.39, 0.29) is 18.4 Å². The first-order chi connectivity index (χ1) is 9.47. The highest BCUT2D eigenvalue weighted by molar-refractivity contribution is 5.84. The van der Waals surface area contributed by atoms with Crippen LogP contribution in [0.3, 0.4) is 0 Å². The van der Waals surface area contributed by atoms with Crippen molar-refractivity contribution in [2.75, 3.05) is 13.1 Å². The van der Waals surface area contributed by atoms with Crippen molar-refractivity contribution in [1.29, 1.82) is 0 Å². The van der Waals surface area contributed by atoms with Crippen molar-refractivity contribution < 1.29 is 9.59 Å². The number of nitrogens with two attached hydrogens (primary N) is 1. The largest absolute Gasteiger partial charge is 0.354 e. The zero-order chi connectivity index (χ0) is 15.0. The minimum atomic E-state index is -0.115. The van der Waals surface area contributed by atoms with Gasteiger partial charge in [0.15, 0.2) is 0 Å². The maximum atomic E-state index is 11.7. The third kappa shape index (κ3) is 7.48. The molecular weight excluding hydrogens is 254 g/mol. The predicted molar refractivity (Wildman–Crippen MR) is 80.0 cm³/mol. The normalized spacial score (nSPS) is 22.6. The molecule has 5 nitrogen and oxygen atoms in total. The van der Waals surface area contributed by atoms with Crippen LogP contribution in [0.4, 0.5) is 0 Å². The number of amides is 2. The average Bonchev–Trinajstić information content (AvgIpc) is 2.42. The molecule has 0 unspecified atom stereocenters. The predicted octanol–water partition coefficient (Wildman–Crippen LogP) is 1.17. The van der Waals surface area contributed by atoms with Crippen LogP contribution in [0.2, 0.25) is 0 Å². The number of carbonyl (C=O) groups is 2. The maximum Gasteiger partial charge on any atom is 0.239 e. The number of carbonyl (C=O) groups excluding carboxylic acids is 2. The molecule has 0 radical (unpaired) electrons. The van der Waals surface area contributed by atoms with Crippen LogP contribution in [0.1, 0.15) is 52.4 Å². The molecule has 0 saturated heterocycles. The van der Waals surface area contributed by atoms with Gasteiger partial charge in [-0.15, -0.1) is 0 Å². The van der Waals surface area contributed by atoms with Crippen LogP contribution < -0.4 is 16.4 Å². The van der Waals surface area contributed by atoms with Gasteiger partial charge in [0.25, 0.3) is 0 Å². The standard InChI is InChI=1S/C15H29N3O2/c1-11(2)9-17-15(20)10-18-14(19)8-5-12-3-6-13(16)7-4-12/h11-13H,3-10,16H2,1-2H3,(H,17,20)(H,18,19). The Morgan fingerprint density at radius 3 is 2.35 bits per heavy atom. The van der Waals surface area contributed by atoms with Crippen LogP contribution >= 0.6 is 0 Å². The van der Waals surface area contributed by atoms with Crippen molar-refractivity contribution in [3.63, 3.8) is 0 Å². The summed E-state index contributed by atoms with van der Waals surface area (Å²) in [5.74, 6) is 0.901. The smallest absolute Gasteiger partial charge is 0.239 e. The van der Waals surface area contributed by atoms with Crippen molar-refractivity contribution in [2.24, 2.45) is 17.6 Å². The summed E-state index contributed by atoms with van der Waals surface area (Å²) in [7, 11) is 0. The van der Waals surface area contributed by atoms with Gasteiger partial charge < -0.3 is 16.4 Å². The van der Waals surface area contributed by atoms with Gasteiger partial charge in [-0.3, -0.25) is 9.59 Å². The molecule has 4 N–H and O–H groups in total. The van der Waals surface area contributed by atoms with Crippen molar-refractivity contribution in [3.05, 3.63) is 0 Å². The average molecular weight is 283 g/mol. The van der Waals surface area contributed by atoms with Gasteiger partial charge in [-0.2, -0.15) is 0 Å². The molecule has 0 spiro atoms. The quantitative estimate of drug-likeness (QED) is 0.656. The Kier molecular flexibility index (Phi) is 7.59. The fourth-order valence-corrected chi connectivity index (χ4v) is 2.46. The Hall–Kier alpha value is -1.10. The second kappa shape index (κ2) is 8.95. The van der Waals surface area contributed by atoms with Gasteiger partial charge in [-0.05, 0) is 43.9 Å². The van der Waals surface area contributed by atoms with Crippen molar-refractivity contribution >= 4 is 11.8 Å². The first-order valence-electron chi connectivity index (χ1n) is 7.76. The van der Waals surface area contributed by atoms with Crippen LogP contribution in [0.5, 0.6) is 0 Å². The van der Waals surface area contributed by atoms with Gasteiger partial charge in [-0.1, -0.05) is 13.8 Å². The fraction of sp³-hybridized carbons (Fsp3) is 0.867. The van der Waals surface area contributed by atoms with Crippen LogP contribution in [0, 0.1) is 11.8 Å². The first-order valence-corrected chi connectivity index (χ1v) is 7.76. The van der Waals surface area contributed by atoms with E-state index in [4.69, 9.17) is 5.73 Å². The fourth-order valence-electron chi connectivity index (χ4n) is 2.46. The lowest BCUT2D eigenvalue weighted by Gasteiger charge is -2.25. The van der Waals surface area contributed by atoms with Crippen LogP contribution in [0.15, 0.2) is 0 Å². The third-order valence-electron chi connectivity index (χ3n) is 3.82. The Balaban J connectivity index is 2.07. The molecule has 20 heavy (non-hydrogen) atoms. The van der Waals surface area contributed by atoms with E-state index in [0.717, 1.165) is 32.1 Å². The Morgan fingerprint density at radius 2 is 1.75 bits per heavy atom. The highest BCUT2D eigenvalue weighted by Gasteiger charge is 2.19. The second-order valence-corrected chi connectivity index (χ2v) is 6.29. The van der Waals surface area contributed by atoms with E-state index in [1.807, 2.05) is 13.8 Å². The molecule has 1 rings (SSSR count). The van der Waals surface area contributed by atoms with E-state index < -0.39 is 0 Å². The molecule has 0 atom stereocenters. The molecule has 116 valence electrons. The summed E-state index contributed by atoms with van der Waals surface area (Å²) in [6.07, 6.45) is 5.82. The Labute approximate surface area is 122 Å². The van der Waals surface area contributed by atoms with Gasteiger partial charge in [0.05, 0.1) is 6.54 Å². The molecule has 0 heterocycles. The Morgan fingerprint density at radius 1 is 1.10 bits per heavy atom. The summed E-state index contributed by atoms with van der Waals surface area (Å²) < 4.78 is 0. The lowest BCUT2D eigenvalue weighted by Crippen LogP contribution is -2.38. The molecule has 5 heteroatoms. The van der Waals surface area contributed by atoms with Crippen LogP contribution in [-0.4, -0.2) is 30.9 Å². The minimum absolute atomic E-state index is 0.0282. The summed E-state index contributed by atoms with van der Waals surface area (Å²) in [6, 6.07) is 0.352. The van der Waals surface area contributed by atoms with Crippen LogP contribution in [0.25, 0.3) is 0 Å². The highest BCUT2D eigenvalue weighted by atomic mass is 16.2. The SMILES string of the molecule is CC(C)CNC(=O)CNC(=O)CCC1CCC(N)CC1. The first kappa shape index (κ1) is 17.0. The molecule has 0 bridgehead atoms. The lowest BCUT2D eigenvalue weighted by atomic mass is 9.84. The number of hydrogen-bond acceptors (Lipinski definition) is 3. The van der Waals surface area contributed by atoms with E-state index in [1.165, 1.54) is 0 Å². The molecule has 0 aromatic rings. The summed E-state index contributed by atoms with van der Waals surface area (Å²) >= 11 is 0. The summed E-state index contributed by atoms with van der Waals surface area (Å²) in [5, 5.41) is 5.46. The van der Waals surface area contributed by atoms with E-state index in [2.05, 4.69) is 10.6 Å². The van der Waals surface area contributed by atoms with Gasteiger partial charge in [0.1, 0.15) is 0 Å². The monoisotopic (exact) mass is 283 g/mol. The molecule has 1 fully saturated rings. The molecule has 0 aliphatic heterocycles. The second-order valence-electron chi connectivity index (χ2n) is 6.29. The molecule has 0 aromatic carbocycles. The summed E-state index contributed by atoms with van der Waals surface area (Å²) in [6.45, 7) is 4.81. The number of hydrogen-bond donors (Lipinski definition) is 3. The van der Waals surface area contributed by atoms with Crippen LogP contribution in [-0.2, 0) is 9.59 Å².